The van der Waals surface area contributed by atoms with Crippen LogP contribution in [0.5, 0.6) is 5.75 Å². The summed E-state index contributed by atoms with van der Waals surface area (Å²) >= 11 is 0. The van der Waals surface area contributed by atoms with Gasteiger partial charge in [-0.3, -0.25) is 19.4 Å². The van der Waals surface area contributed by atoms with Crippen molar-refractivity contribution in [2.75, 3.05) is 45.8 Å². The smallest absolute Gasteiger partial charge is 0.237 e. The minimum absolute atomic E-state index is 0.126. The molecule has 7 heteroatoms. The van der Waals surface area contributed by atoms with Crippen LogP contribution in [0.3, 0.4) is 0 Å². The predicted molar refractivity (Wildman–Crippen MR) is 132 cm³/mol. The van der Waals surface area contributed by atoms with E-state index in [1.165, 1.54) is 0 Å². The molecule has 0 atom stereocenters. The van der Waals surface area contributed by atoms with Crippen LogP contribution < -0.4 is 10.1 Å². The Bertz CT molecular complexity index is 923. The van der Waals surface area contributed by atoms with Crippen LogP contribution in [0, 0.1) is 0 Å². The number of hydrogen-bond donors (Lipinski definition) is 1. The third-order valence-electron chi connectivity index (χ3n) is 6.41. The monoisotopic (exact) mass is 464 g/mol. The molecule has 1 N–H and O–H groups in total. The van der Waals surface area contributed by atoms with Crippen LogP contribution in [0.15, 0.2) is 54.6 Å². The van der Waals surface area contributed by atoms with E-state index >= 15 is 0 Å². The second-order valence-corrected chi connectivity index (χ2v) is 9.22. The highest BCUT2D eigenvalue weighted by Crippen LogP contribution is 2.18. The number of hydrogen-bond acceptors (Lipinski definition) is 5. The second-order valence-electron chi connectivity index (χ2n) is 9.22. The van der Waals surface area contributed by atoms with Crippen molar-refractivity contribution in [2.45, 2.75) is 39.0 Å². The molecule has 2 aliphatic rings. The number of likely N-dealkylation sites (N-methyl/N-ethyl adjacent to an activating group) is 1. The van der Waals surface area contributed by atoms with E-state index in [2.05, 4.69) is 15.1 Å². The molecule has 2 fully saturated rings. The van der Waals surface area contributed by atoms with Crippen molar-refractivity contribution in [2.24, 2.45) is 0 Å². The van der Waals surface area contributed by atoms with Crippen LogP contribution in [0.25, 0.3) is 0 Å². The van der Waals surface area contributed by atoms with Gasteiger partial charge in [0.1, 0.15) is 12.4 Å². The lowest BCUT2D eigenvalue weighted by molar-refractivity contribution is -0.133. The fourth-order valence-corrected chi connectivity index (χ4v) is 4.13. The van der Waals surface area contributed by atoms with Gasteiger partial charge in [0.2, 0.25) is 11.8 Å². The van der Waals surface area contributed by atoms with E-state index in [1.54, 1.807) is 0 Å². The van der Waals surface area contributed by atoms with E-state index in [4.69, 9.17) is 4.74 Å². The summed E-state index contributed by atoms with van der Waals surface area (Å²) in [5, 5.41) is 3.05. The van der Waals surface area contributed by atoms with E-state index in [0.29, 0.717) is 38.8 Å². The lowest BCUT2D eigenvalue weighted by Crippen LogP contribution is -2.52. The number of nitrogens with zero attached hydrogens (tertiary/aromatic N) is 3. The first kappa shape index (κ1) is 24.2. The molecule has 1 aliphatic heterocycles. The number of piperazine rings is 1. The highest BCUT2D eigenvalue weighted by molar-refractivity contribution is 5.79. The zero-order valence-electron chi connectivity index (χ0n) is 20.1. The van der Waals surface area contributed by atoms with Gasteiger partial charge < -0.3 is 15.0 Å². The van der Waals surface area contributed by atoms with Crippen molar-refractivity contribution >= 4 is 11.8 Å². The third-order valence-corrected chi connectivity index (χ3v) is 6.41. The Labute approximate surface area is 202 Å². The molecule has 1 aliphatic carbocycles. The van der Waals surface area contributed by atoms with Gasteiger partial charge in [0.25, 0.3) is 0 Å². The van der Waals surface area contributed by atoms with Gasteiger partial charge in [-0.05, 0) is 43.0 Å². The molecule has 0 spiro atoms. The van der Waals surface area contributed by atoms with Crippen LogP contribution in [-0.4, -0.2) is 78.4 Å². The van der Waals surface area contributed by atoms with Crippen LogP contribution in [0.4, 0.5) is 0 Å². The molecule has 4 rings (SSSR count). The molecule has 182 valence electrons. The number of ether oxygens (including phenoxy) is 1. The zero-order valence-corrected chi connectivity index (χ0v) is 20.1. The third kappa shape index (κ3) is 7.57. The van der Waals surface area contributed by atoms with Crippen LogP contribution in [-0.2, 0) is 22.7 Å². The van der Waals surface area contributed by atoms with Gasteiger partial charge in [0, 0.05) is 45.3 Å². The first-order valence-corrected chi connectivity index (χ1v) is 12.4. The predicted octanol–water partition coefficient (Wildman–Crippen LogP) is 2.51. The van der Waals surface area contributed by atoms with E-state index in [-0.39, 0.29) is 11.8 Å². The Hall–Kier alpha value is -2.90. The highest BCUT2D eigenvalue weighted by atomic mass is 16.5. The zero-order chi connectivity index (χ0) is 23.8. The van der Waals surface area contributed by atoms with Crippen molar-refractivity contribution in [1.29, 1.82) is 0 Å². The Kier molecular flexibility index (Phi) is 8.55. The molecule has 0 unspecified atom stereocenters. The van der Waals surface area contributed by atoms with Crippen molar-refractivity contribution in [1.82, 2.24) is 20.0 Å². The number of carbonyl (C=O) groups is 2. The maximum absolute atomic E-state index is 12.9. The molecular formula is C27H36N4O3. The fraction of sp³-hybridized carbons (Fsp3) is 0.481. The Balaban J connectivity index is 1.18. The maximum atomic E-state index is 12.9. The van der Waals surface area contributed by atoms with Gasteiger partial charge in [-0.25, -0.2) is 0 Å². The molecule has 0 aromatic heterocycles. The summed E-state index contributed by atoms with van der Waals surface area (Å²) < 4.78 is 5.86. The average Bonchev–Trinajstić information content (AvgIpc) is 3.67. The molecule has 2 aromatic carbocycles. The largest absolute Gasteiger partial charge is 0.489 e. The number of carbonyl (C=O) groups excluding carboxylic acids is 2. The first-order valence-electron chi connectivity index (χ1n) is 12.4. The molecule has 2 aromatic rings. The Morgan fingerprint density at radius 2 is 1.56 bits per heavy atom. The molecule has 2 amide bonds. The van der Waals surface area contributed by atoms with Crippen molar-refractivity contribution in [3.63, 3.8) is 0 Å². The van der Waals surface area contributed by atoms with Crippen LogP contribution >= 0.6 is 0 Å². The van der Waals surface area contributed by atoms with Crippen LogP contribution in [0.1, 0.15) is 30.9 Å². The van der Waals surface area contributed by atoms with Gasteiger partial charge in [0.05, 0.1) is 13.1 Å². The van der Waals surface area contributed by atoms with Crippen molar-refractivity contribution in [3.8, 4) is 5.75 Å². The van der Waals surface area contributed by atoms with Gasteiger partial charge in [0.15, 0.2) is 0 Å². The SMILES string of the molecule is CCN(Cc1ccc(OCc2ccccc2)cc1)C(=O)CN1CCN(CC(=O)NC2CC2)CC1. The van der Waals surface area contributed by atoms with Crippen molar-refractivity contribution < 1.29 is 14.3 Å². The summed E-state index contributed by atoms with van der Waals surface area (Å²) in [7, 11) is 0. The number of benzene rings is 2. The Morgan fingerprint density at radius 3 is 2.18 bits per heavy atom. The minimum Gasteiger partial charge on any atom is -0.489 e. The molecular weight excluding hydrogens is 428 g/mol. The minimum atomic E-state index is 0.126. The topological polar surface area (TPSA) is 65.1 Å². The standard InChI is InChI=1S/C27H36N4O3/c1-2-31(18-22-8-12-25(13-9-22)34-21-23-6-4-3-5-7-23)27(33)20-30-16-14-29(15-17-30)19-26(32)28-24-10-11-24/h3-9,12-13,24H,2,10-11,14-21H2,1H3,(H,28,32). The molecule has 0 bridgehead atoms. The first-order chi connectivity index (χ1) is 16.6. The van der Waals surface area contributed by atoms with Gasteiger partial charge >= 0.3 is 0 Å². The van der Waals surface area contributed by atoms with Crippen LogP contribution in [0.2, 0.25) is 0 Å². The molecule has 1 saturated carbocycles. The van der Waals surface area contributed by atoms with E-state index in [1.807, 2.05) is 66.4 Å². The quantitative estimate of drug-likeness (QED) is 0.554. The summed E-state index contributed by atoms with van der Waals surface area (Å²) in [4.78, 5) is 31.2. The molecule has 0 radical (unpaired) electrons. The summed E-state index contributed by atoms with van der Waals surface area (Å²) in [6.07, 6.45) is 2.23. The van der Waals surface area contributed by atoms with Crippen molar-refractivity contribution in [3.05, 3.63) is 65.7 Å². The van der Waals surface area contributed by atoms with E-state index in [9.17, 15) is 9.59 Å². The molecule has 34 heavy (non-hydrogen) atoms. The second kappa shape index (κ2) is 12.0. The highest BCUT2D eigenvalue weighted by Gasteiger charge is 2.26. The average molecular weight is 465 g/mol. The molecule has 7 nitrogen and oxygen atoms in total. The van der Waals surface area contributed by atoms with Gasteiger partial charge in [-0.1, -0.05) is 42.5 Å². The van der Waals surface area contributed by atoms with Gasteiger partial charge in [-0.15, -0.1) is 0 Å². The van der Waals surface area contributed by atoms with E-state index < -0.39 is 0 Å². The summed E-state index contributed by atoms with van der Waals surface area (Å²) in [6, 6.07) is 18.5. The number of nitrogens with one attached hydrogen (secondary N) is 1. The Morgan fingerprint density at radius 1 is 0.912 bits per heavy atom. The lowest BCUT2D eigenvalue weighted by Gasteiger charge is -2.35. The number of rotatable bonds is 11. The summed E-state index contributed by atoms with van der Waals surface area (Å²) in [5.41, 5.74) is 2.23. The molecule has 1 heterocycles. The lowest BCUT2D eigenvalue weighted by atomic mass is 10.2. The van der Waals surface area contributed by atoms with E-state index in [0.717, 1.165) is 55.9 Å². The fourth-order valence-electron chi connectivity index (χ4n) is 4.13. The maximum Gasteiger partial charge on any atom is 0.237 e. The van der Waals surface area contributed by atoms with Gasteiger partial charge in [-0.2, -0.15) is 0 Å². The summed E-state index contributed by atoms with van der Waals surface area (Å²) in [6.45, 7) is 7.98. The summed E-state index contributed by atoms with van der Waals surface area (Å²) in [5.74, 6) is 1.10. The number of amides is 2. The normalized spacial score (nSPS) is 16.7. The molecule has 1 saturated heterocycles.